The highest BCUT2D eigenvalue weighted by Gasteiger charge is 2.43. The van der Waals surface area contributed by atoms with Gasteiger partial charge in [0.1, 0.15) is 0 Å². The highest BCUT2D eigenvalue weighted by molar-refractivity contribution is 5.89. The maximum absolute atomic E-state index is 13.1. The fourth-order valence-electron chi connectivity index (χ4n) is 4.16. The minimum atomic E-state index is -0.300. The molecular weight excluding hydrogens is 308 g/mol. The summed E-state index contributed by atoms with van der Waals surface area (Å²) in [7, 11) is 0. The molecular formula is C19H29ClN2O. The zero-order chi connectivity index (χ0) is 15.6. The van der Waals surface area contributed by atoms with E-state index in [-0.39, 0.29) is 23.7 Å². The molecule has 0 unspecified atom stereocenters. The van der Waals surface area contributed by atoms with Gasteiger partial charge in [0.25, 0.3) is 0 Å². The summed E-state index contributed by atoms with van der Waals surface area (Å²) >= 11 is 0. The first kappa shape index (κ1) is 18.3. The van der Waals surface area contributed by atoms with E-state index in [0.717, 1.165) is 51.4 Å². The molecule has 1 amide bonds. The zero-order valence-corrected chi connectivity index (χ0v) is 14.8. The molecule has 4 heteroatoms. The predicted molar refractivity (Wildman–Crippen MR) is 96.9 cm³/mol. The number of nitrogens with one attached hydrogen (secondary N) is 1. The Labute approximate surface area is 145 Å². The van der Waals surface area contributed by atoms with E-state index in [1.54, 1.807) is 0 Å². The highest BCUT2D eigenvalue weighted by Crippen LogP contribution is 2.42. The van der Waals surface area contributed by atoms with Crippen molar-refractivity contribution in [3.63, 3.8) is 0 Å². The molecule has 2 aliphatic rings. The van der Waals surface area contributed by atoms with Gasteiger partial charge in [0.2, 0.25) is 5.91 Å². The normalized spacial score (nSPS) is 26.3. The van der Waals surface area contributed by atoms with Crippen LogP contribution in [-0.2, 0) is 10.2 Å². The molecule has 0 atom stereocenters. The molecule has 3 N–H and O–H groups in total. The lowest BCUT2D eigenvalue weighted by Gasteiger charge is -2.33. The lowest BCUT2D eigenvalue weighted by molar-refractivity contribution is -0.127. The molecule has 128 valence electrons. The standard InChI is InChI=1S/C19H28N2O.ClH/c1-14-5-4-6-15(13-14)19(11-2-3-12-19)18(22)21-17-9-7-16(20)8-10-17;/h4-6,13,16-17H,2-3,7-12,20H2,1H3,(H,21,22);1H. The van der Waals surface area contributed by atoms with Crippen LogP contribution in [-0.4, -0.2) is 18.0 Å². The Morgan fingerprint density at radius 3 is 2.43 bits per heavy atom. The molecule has 23 heavy (non-hydrogen) atoms. The van der Waals surface area contributed by atoms with Crippen molar-refractivity contribution < 1.29 is 4.79 Å². The third-order valence-electron chi connectivity index (χ3n) is 5.57. The van der Waals surface area contributed by atoms with E-state index in [0.29, 0.717) is 12.1 Å². The first-order valence-electron chi connectivity index (χ1n) is 8.74. The summed E-state index contributed by atoms with van der Waals surface area (Å²) in [5, 5.41) is 3.35. The summed E-state index contributed by atoms with van der Waals surface area (Å²) in [6.07, 6.45) is 8.37. The third-order valence-corrected chi connectivity index (χ3v) is 5.57. The molecule has 0 heterocycles. The first-order valence-corrected chi connectivity index (χ1v) is 8.74. The van der Waals surface area contributed by atoms with E-state index in [2.05, 4.69) is 36.5 Å². The summed E-state index contributed by atoms with van der Waals surface area (Å²) in [6, 6.07) is 9.15. The number of carbonyl (C=O) groups is 1. The van der Waals surface area contributed by atoms with E-state index < -0.39 is 0 Å². The zero-order valence-electron chi connectivity index (χ0n) is 14.0. The van der Waals surface area contributed by atoms with Crippen molar-refractivity contribution in [3.05, 3.63) is 35.4 Å². The minimum absolute atomic E-state index is 0. The lowest BCUT2D eigenvalue weighted by Crippen LogP contribution is -2.48. The Morgan fingerprint density at radius 1 is 1.17 bits per heavy atom. The number of amides is 1. The Kier molecular flexibility index (Phi) is 6.10. The van der Waals surface area contributed by atoms with Crippen LogP contribution >= 0.6 is 12.4 Å². The van der Waals surface area contributed by atoms with Crippen LogP contribution in [0.1, 0.15) is 62.5 Å². The van der Waals surface area contributed by atoms with Gasteiger partial charge in [0.15, 0.2) is 0 Å². The SMILES string of the molecule is Cc1cccc(C2(C(=O)NC3CCC(N)CC3)CCCC2)c1.Cl. The van der Waals surface area contributed by atoms with Crippen LogP contribution in [0.3, 0.4) is 0 Å². The van der Waals surface area contributed by atoms with Gasteiger partial charge in [-0.1, -0.05) is 42.7 Å². The predicted octanol–water partition coefficient (Wildman–Crippen LogP) is 3.61. The van der Waals surface area contributed by atoms with E-state index in [4.69, 9.17) is 5.73 Å². The van der Waals surface area contributed by atoms with Gasteiger partial charge in [-0.05, 0) is 51.0 Å². The van der Waals surface area contributed by atoms with Gasteiger partial charge in [-0.15, -0.1) is 12.4 Å². The van der Waals surface area contributed by atoms with Gasteiger partial charge in [-0.3, -0.25) is 4.79 Å². The first-order chi connectivity index (χ1) is 10.6. The number of halogens is 1. The van der Waals surface area contributed by atoms with Crippen molar-refractivity contribution in [1.29, 1.82) is 0 Å². The van der Waals surface area contributed by atoms with Crippen molar-refractivity contribution in [3.8, 4) is 0 Å². The maximum Gasteiger partial charge on any atom is 0.230 e. The molecule has 0 saturated heterocycles. The smallest absolute Gasteiger partial charge is 0.230 e. The molecule has 0 aliphatic heterocycles. The van der Waals surface area contributed by atoms with Crippen LogP contribution in [0.2, 0.25) is 0 Å². The molecule has 2 aliphatic carbocycles. The van der Waals surface area contributed by atoms with Crippen LogP contribution in [0.25, 0.3) is 0 Å². The van der Waals surface area contributed by atoms with Gasteiger partial charge < -0.3 is 11.1 Å². The number of hydrogen-bond donors (Lipinski definition) is 2. The molecule has 1 aromatic carbocycles. The monoisotopic (exact) mass is 336 g/mol. The highest BCUT2D eigenvalue weighted by atomic mass is 35.5. The van der Waals surface area contributed by atoms with E-state index in [1.165, 1.54) is 11.1 Å². The van der Waals surface area contributed by atoms with E-state index in [1.807, 2.05) is 0 Å². The van der Waals surface area contributed by atoms with Crippen LogP contribution < -0.4 is 11.1 Å². The lowest BCUT2D eigenvalue weighted by atomic mass is 9.77. The molecule has 3 rings (SSSR count). The third kappa shape index (κ3) is 3.89. The average Bonchev–Trinajstić information content (AvgIpc) is 3.00. The number of hydrogen-bond acceptors (Lipinski definition) is 2. The van der Waals surface area contributed by atoms with Crippen LogP contribution in [0.4, 0.5) is 0 Å². The van der Waals surface area contributed by atoms with Gasteiger partial charge >= 0.3 is 0 Å². The second-order valence-electron chi connectivity index (χ2n) is 7.24. The number of rotatable bonds is 3. The molecule has 3 nitrogen and oxygen atoms in total. The second-order valence-corrected chi connectivity index (χ2v) is 7.24. The average molecular weight is 337 g/mol. The summed E-state index contributed by atoms with van der Waals surface area (Å²) in [6.45, 7) is 2.10. The summed E-state index contributed by atoms with van der Waals surface area (Å²) in [4.78, 5) is 13.1. The van der Waals surface area contributed by atoms with Crippen molar-refractivity contribution in [2.24, 2.45) is 5.73 Å². The largest absolute Gasteiger partial charge is 0.353 e. The Balaban J connectivity index is 0.00000192. The van der Waals surface area contributed by atoms with Crippen LogP contribution in [0, 0.1) is 6.92 Å². The quantitative estimate of drug-likeness (QED) is 0.885. The molecule has 0 spiro atoms. The fraction of sp³-hybridized carbons (Fsp3) is 0.632. The molecule has 0 radical (unpaired) electrons. The summed E-state index contributed by atoms with van der Waals surface area (Å²) in [5.74, 6) is 0.246. The van der Waals surface area contributed by atoms with Crippen LogP contribution in [0.5, 0.6) is 0 Å². The van der Waals surface area contributed by atoms with Crippen molar-refractivity contribution in [2.45, 2.75) is 75.8 Å². The van der Waals surface area contributed by atoms with E-state index >= 15 is 0 Å². The number of nitrogens with two attached hydrogens (primary N) is 1. The Bertz CT molecular complexity index is 532. The van der Waals surface area contributed by atoms with Crippen molar-refractivity contribution >= 4 is 18.3 Å². The van der Waals surface area contributed by atoms with Gasteiger partial charge in [-0.2, -0.15) is 0 Å². The number of benzene rings is 1. The van der Waals surface area contributed by atoms with Crippen molar-refractivity contribution in [1.82, 2.24) is 5.32 Å². The van der Waals surface area contributed by atoms with Crippen molar-refractivity contribution in [2.75, 3.05) is 0 Å². The molecule has 1 aromatic rings. The van der Waals surface area contributed by atoms with E-state index in [9.17, 15) is 4.79 Å². The Morgan fingerprint density at radius 2 is 1.83 bits per heavy atom. The minimum Gasteiger partial charge on any atom is -0.353 e. The molecule has 2 fully saturated rings. The molecule has 2 saturated carbocycles. The number of carbonyl (C=O) groups excluding carboxylic acids is 1. The second kappa shape index (κ2) is 7.67. The number of aryl methyl sites for hydroxylation is 1. The van der Waals surface area contributed by atoms with Gasteiger partial charge in [-0.25, -0.2) is 0 Å². The van der Waals surface area contributed by atoms with Crippen LogP contribution in [0.15, 0.2) is 24.3 Å². The summed E-state index contributed by atoms with van der Waals surface area (Å²) in [5.41, 5.74) is 8.11. The fourth-order valence-corrected chi connectivity index (χ4v) is 4.16. The van der Waals surface area contributed by atoms with Gasteiger partial charge in [0.05, 0.1) is 5.41 Å². The topological polar surface area (TPSA) is 55.1 Å². The molecule has 0 bridgehead atoms. The Hall–Kier alpha value is -1.06. The van der Waals surface area contributed by atoms with Gasteiger partial charge in [0, 0.05) is 12.1 Å². The molecule has 0 aromatic heterocycles. The maximum atomic E-state index is 13.1. The summed E-state index contributed by atoms with van der Waals surface area (Å²) < 4.78 is 0.